The van der Waals surface area contributed by atoms with Crippen LogP contribution in [0.4, 0.5) is 0 Å². The highest BCUT2D eigenvalue weighted by Crippen LogP contribution is 2.22. The molecule has 0 N–H and O–H groups in total. The Kier molecular flexibility index (Phi) is 5.66. The zero-order valence-corrected chi connectivity index (χ0v) is 15.1. The SMILES string of the molecule is Cc1nccn1CC[C@@H]1CCCCN1Cc1noc(CC(C)C)n1. The van der Waals surface area contributed by atoms with E-state index in [0.29, 0.717) is 12.0 Å². The third kappa shape index (κ3) is 4.44. The van der Waals surface area contributed by atoms with Crippen LogP contribution in [0.3, 0.4) is 0 Å². The van der Waals surface area contributed by atoms with Gasteiger partial charge in [0.15, 0.2) is 5.82 Å². The van der Waals surface area contributed by atoms with Gasteiger partial charge in [-0.15, -0.1) is 0 Å². The summed E-state index contributed by atoms with van der Waals surface area (Å²) in [5.41, 5.74) is 0. The van der Waals surface area contributed by atoms with E-state index < -0.39 is 0 Å². The Morgan fingerprint density at radius 1 is 1.33 bits per heavy atom. The smallest absolute Gasteiger partial charge is 0.226 e. The minimum absolute atomic E-state index is 0.541. The molecule has 3 heterocycles. The van der Waals surface area contributed by atoms with Gasteiger partial charge in [-0.2, -0.15) is 4.98 Å². The van der Waals surface area contributed by atoms with E-state index in [4.69, 9.17) is 4.52 Å². The van der Waals surface area contributed by atoms with Gasteiger partial charge in [-0.3, -0.25) is 4.90 Å². The van der Waals surface area contributed by atoms with Crippen molar-refractivity contribution in [1.82, 2.24) is 24.6 Å². The Hall–Kier alpha value is -1.69. The second kappa shape index (κ2) is 7.92. The Morgan fingerprint density at radius 3 is 2.96 bits per heavy atom. The first-order valence-electron chi connectivity index (χ1n) is 9.15. The lowest BCUT2D eigenvalue weighted by molar-refractivity contribution is 0.123. The van der Waals surface area contributed by atoms with Crippen molar-refractivity contribution in [3.63, 3.8) is 0 Å². The van der Waals surface area contributed by atoms with Crippen LogP contribution >= 0.6 is 0 Å². The number of likely N-dealkylation sites (tertiary alicyclic amines) is 1. The average molecular weight is 331 g/mol. The first-order valence-corrected chi connectivity index (χ1v) is 9.15. The number of rotatable bonds is 7. The molecule has 2 aromatic rings. The Balaban J connectivity index is 1.57. The Bertz CT molecular complexity index is 633. The molecule has 0 aliphatic carbocycles. The monoisotopic (exact) mass is 331 g/mol. The fourth-order valence-electron chi connectivity index (χ4n) is 3.49. The predicted octanol–water partition coefficient (Wildman–Crippen LogP) is 3.22. The van der Waals surface area contributed by atoms with E-state index in [-0.39, 0.29) is 0 Å². The molecule has 6 nitrogen and oxygen atoms in total. The standard InChI is InChI=1S/C18H29N5O/c1-14(2)12-18-20-17(21-24-18)13-23-9-5-4-6-16(23)7-10-22-11-8-19-15(22)3/h8,11,14,16H,4-7,9-10,12-13H2,1-3H3/t16-/m0/s1. The maximum Gasteiger partial charge on any atom is 0.226 e. The van der Waals surface area contributed by atoms with Crippen LogP contribution in [0.25, 0.3) is 0 Å². The summed E-state index contributed by atoms with van der Waals surface area (Å²) in [5, 5.41) is 4.18. The van der Waals surface area contributed by atoms with Crippen molar-refractivity contribution >= 4 is 0 Å². The van der Waals surface area contributed by atoms with Gasteiger partial charge in [0.25, 0.3) is 0 Å². The van der Waals surface area contributed by atoms with Crippen molar-refractivity contribution in [3.05, 3.63) is 29.9 Å². The summed E-state index contributed by atoms with van der Waals surface area (Å²) in [6.07, 6.45) is 9.78. The molecule has 0 spiro atoms. The number of imidazole rings is 1. The molecule has 0 radical (unpaired) electrons. The lowest BCUT2D eigenvalue weighted by Gasteiger charge is -2.35. The predicted molar refractivity (Wildman–Crippen MR) is 92.5 cm³/mol. The summed E-state index contributed by atoms with van der Waals surface area (Å²) in [7, 11) is 0. The van der Waals surface area contributed by atoms with E-state index in [0.717, 1.165) is 50.0 Å². The van der Waals surface area contributed by atoms with Crippen LogP contribution in [0.5, 0.6) is 0 Å². The molecular weight excluding hydrogens is 302 g/mol. The highest BCUT2D eigenvalue weighted by atomic mass is 16.5. The molecule has 132 valence electrons. The van der Waals surface area contributed by atoms with Gasteiger partial charge >= 0.3 is 0 Å². The summed E-state index contributed by atoms with van der Waals surface area (Å²) < 4.78 is 7.62. The van der Waals surface area contributed by atoms with Crippen LogP contribution in [0.2, 0.25) is 0 Å². The number of aryl methyl sites for hydroxylation is 2. The lowest BCUT2D eigenvalue weighted by atomic mass is 9.99. The molecule has 1 fully saturated rings. The molecule has 0 bridgehead atoms. The molecule has 3 rings (SSSR count). The van der Waals surface area contributed by atoms with Gasteiger partial charge in [0.2, 0.25) is 5.89 Å². The van der Waals surface area contributed by atoms with E-state index in [9.17, 15) is 0 Å². The zero-order chi connectivity index (χ0) is 16.9. The maximum atomic E-state index is 5.39. The number of hydrogen-bond acceptors (Lipinski definition) is 5. The van der Waals surface area contributed by atoms with E-state index in [1.54, 1.807) is 0 Å². The minimum Gasteiger partial charge on any atom is -0.339 e. The maximum absolute atomic E-state index is 5.39. The van der Waals surface area contributed by atoms with Gasteiger partial charge < -0.3 is 9.09 Å². The highest BCUT2D eigenvalue weighted by molar-refractivity contribution is 4.91. The molecule has 24 heavy (non-hydrogen) atoms. The summed E-state index contributed by atoms with van der Waals surface area (Å²) in [4.78, 5) is 11.4. The summed E-state index contributed by atoms with van der Waals surface area (Å²) in [5.74, 6) is 3.23. The topological polar surface area (TPSA) is 60.0 Å². The van der Waals surface area contributed by atoms with Crippen LogP contribution in [-0.2, 0) is 19.5 Å². The number of piperidine rings is 1. The van der Waals surface area contributed by atoms with Gasteiger partial charge in [-0.25, -0.2) is 4.98 Å². The molecule has 0 unspecified atom stereocenters. The fourth-order valence-corrected chi connectivity index (χ4v) is 3.49. The summed E-state index contributed by atoms with van der Waals surface area (Å²) >= 11 is 0. The molecule has 1 saturated heterocycles. The molecule has 0 amide bonds. The number of hydrogen-bond donors (Lipinski definition) is 0. The summed E-state index contributed by atoms with van der Waals surface area (Å²) in [6.45, 7) is 9.36. The number of aromatic nitrogens is 4. The second-order valence-electron chi connectivity index (χ2n) is 7.28. The average Bonchev–Trinajstić information content (AvgIpc) is 3.15. The molecule has 0 aromatic carbocycles. The zero-order valence-electron chi connectivity index (χ0n) is 15.1. The second-order valence-corrected chi connectivity index (χ2v) is 7.28. The third-order valence-electron chi connectivity index (χ3n) is 4.81. The van der Waals surface area contributed by atoms with Crippen LogP contribution < -0.4 is 0 Å². The molecule has 2 aromatic heterocycles. The third-order valence-corrected chi connectivity index (χ3v) is 4.81. The first-order chi connectivity index (χ1) is 11.6. The molecule has 1 atom stereocenters. The summed E-state index contributed by atoms with van der Waals surface area (Å²) in [6, 6.07) is 0.590. The van der Waals surface area contributed by atoms with Crippen molar-refractivity contribution in [2.45, 2.75) is 72.0 Å². The number of nitrogens with zero attached hydrogens (tertiary/aromatic N) is 5. The van der Waals surface area contributed by atoms with Crippen LogP contribution in [0, 0.1) is 12.8 Å². The van der Waals surface area contributed by atoms with Crippen LogP contribution in [0.15, 0.2) is 16.9 Å². The van der Waals surface area contributed by atoms with Gasteiger partial charge in [-0.1, -0.05) is 25.4 Å². The van der Waals surface area contributed by atoms with E-state index >= 15 is 0 Å². The Morgan fingerprint density at radius 2 is 2.21 bits per heavy atom. The lowest BCUT2D eigenvalue weighted by Crippen LogP contribution is -2.39. The largest absolute Gasteiger partial charge is 0.339 e. The van der Waals surface area contributed by atoms with Gasteiger partial charge in [-0.05, 0) is 38.6 Å². The normalized spacial score (nSPS) is 19.2. The van der Waals surface area contributed by atoms with Crippen LogP contribution in [0.1, 0.15) is 57.1 Å². The van der Waals surface area contributed by atoms with Crippen molar-refractivity contribution in [2.75, 3.05) is 6.54 Å². The van der Waals surface area contributed by atoms with Crippen molar-refractivity contribution in [1.29, 1.82) is 0 Å². The van der Waals surface area contributed by atoms with Gasteiger partial charge in [0.05, 0.1) is 6.54 Å². The van der Waals surface area contributed by atoms with E-state index in [1.807, 2.05) is 6.20 Å². The Labute approximate surface area is 144 Å². The van der Waals surface area contributed by atoms with Gasteiger partial charge in [0.1, 0.15) is 5.82 Å². The van der Waals surface area contributed by atoms with Crippen LogP contribution in [-0.4, -0.2) is 37.2 Å². The van der Waals surface area contributed by atoms with Crippen molar-refractivity contribution < 1.29 is 4.52 Å². The minimum atomic E-state index is 0.541. The van der Waals surface area contributed by atoms with Crippen molar-refractivity contribution in [2.24, 2.45) is 5.92 Å². The highest BCUT2D eigenvalue weighted by Gasteiger charge is 2.24. The molecule has 1 aliphatic rings. The molecule has 6 heteroatoms. The molecule has 1 aliphatic heterocycles. The van der Waals surface area contributed by atoms with Gasteiger partial charge in [0, 0.05) is 31.4 Å². The fraction of sp³-hybridized carbons (Fsp3) is 0.722. The first kappa shape index (κ1) is 17.1. The molecule has 0 saturated carbocycles. The van der Waals surface area contributed by atoms with Crippen molar-refractivity contribution in [3.8, 4) is 0 Å². The molecular formula is C18H29N5O. The van der Waals surface area contributed by atoms with E-state index in [1.165, 1.54) is 19.3 Å². The van der Waals surface area contributed by atoms with E-state index in [2.05, 4.69) is 51.6 Å². The quantitative estimate of drug-likeness (QED) is 0.779.